The Labute approximate surface area is 121 Å². The predicted octanol–water partition coefficient (Wildman–Crippen LogP) is -0.160. The summed E-state index contributed by atoms with van der Waals surface area (Å²) in [5.74, 6) is -0.0663. The Bertz CT molecular complexity index is 345. The zero-order chi connectivity index (χ0) is 15.3. The van der Waals surface area contributed by atoms with Crippen LogP contribution >= 0.6 is 0 Å². The fraction of sp³-hybridized carbons (Fsp3) is 0.857. The van der Waals surface area contributed by atoms with E-state index in [1.54, 1.807) is 14.1 Å². The molecule has 0 aromatic rings. The molecule has 1 saturated heterocycles. The molecule has 6 heteroatoms. The van der Waals surface area contributed by atoms with Crippen LogP contribution < -0.4 is 10.6 Å². The molecule has 1 heterocycles. The van der Waals surface area contributed by atoms with E-state index in [1.165, 1.54) is 4.90 Å². The highest BCUT2D eigenvalue weighted by Gasteiger charge is 2.35. The number of hydrogen-bond acceptors (Lipinski definition) is 4. The maximum atomic E-state index is 12.3. The van der Waals surface area contributed by atoms with Crippen molar-refractivity contribution in [2.45, 2.75) is 32.4 Å². The number of carbonyl (C=O) groups is 2. The molecule has 3 unspecified atom stereocenters. The summed E-state index contributed by atoms with van der Waals surface area (Å²) in [4.78, 5) is 26.0. The second kappa shape index (κ2) is 7.59. The molecular formula is C14H27N3O3. The van der Waals surface area contributed by atoms with Crippen LogP contribution in [-0.4, -0.2) is 63.2 Å². The Kier molecular flexibility index (Phi) is 6.42. The first-order valence-corrected chi connectivity index (χ1v) is 7.13. The lowest BCUT2D eigenvalue weighted by molar-refractivity contribution is -0.136. The second-order valence-electron chi connectivity index (χ2n) is 5.96. The van der Waals surface area contributed by atoms with Gasteiger partial charge in [-0.05, 0) is 19.4 Å². The summed E-state index contributed by atoms with van der Waals surface area (Å²) < 4.78 is 5.33. The van der Waals surface area contributed by atoms with E-state index in [-0.39, 0.29) is 23.8 Å². The standard InChI is InChI=1S/C14H27N3O3/c1-9(2)6-11(14(19)17(4)5)16-13(18)10-7-20-8-12(10)15-3/h9-12,15H,6-8H2,1-5H3,(H,16,18). The SMILES string of the molecule is CNC1COCC1C(=O)NC(CC(C)C)C(=O)N(C)C. The van der Waals surface area contributed by atoms with Crippen molar-refractivity contribution in [1.82, 2.24) is 15.5 Å². The predicted molar refractivity (Wildman–Crippen MR) is 77.2 cm³/mol. The Morgan fingerprint density at radius 3 is 2.45 bits per heavy atom. The van der Waals surface area contributed by atoms with E-state index >= 15 is 0 Å². The molecule has 0 saturated carbocycles. The summed E-state index contributed by atoms with van der Waals surface area (Å²) >= 11 is 0. The Balaban J connectivity index is 2.68. The summed E-state index contributed by atoms with van der Waals surface area (Å²) in [5, 5.41) is 5.97. The lowest BCUT2D eigenvalue weighted by Crippen LogP contribution is -2.51. The van der Waals surface area contributed by atoms with Gasteiger partial charge in [0, 0.05) is 20.1 Å². The number of hydrogen-bond donors (Lipinski definition) is 2. The number of nitrogens with zero attached hydrogens (tertiary/aromatic N) is 1. The van der Waals surface area contributed by atoms with Gasteiger partial charge in [0.2, 0.25) is 11.8 Å². The molecule has 2 amide bonds. The molecule has 1 aliphatic rings. The molecule has 3 atom stereocenters. The van der Waals surface area contributed by atoms with Crippen LogP contribution in [0.1, 0.15) is 20.3 Å². The first-order chi connectivity index (χ1) is 9.36. The van der Waals surface area contributed by atoms with E-state index in [0.717, 1.165) is 0 Å². The van der Waals surface area contributed by atoms with Gasteiger partial charge < -0.3 is 20.3 Å². The van der Waals surface area contributed by atoms with Crippen molar-refractivity contribution in [3.8, 4) is 0 Å². The van der Waals surface area contributed by atoms with Gasteiger partial charge in [-0.3, -0.25) is 9.59 Å². The number of carbonyl (C=O) groups excluding carboxylic acids is 2. The van der Waals surface area contributed by atoms with E-state index in [2.05, 4.69) is 10.6 Å². The van der Waals surface area contributed by atoms with Crippen LogP contribution in [-0.2, 0) is 14.3 Å². The minimum atomic E-state index is -0.462. The van der Waals surface area contributed by atoms with Crippen LogP contribution in [0.5, 0.6) is 0 Å². The van der Waals surface area contributed by atoms with Gasteiger partial charge in [-0.25, -0.2) is 0 Å². The lowest BCUT2D eigenvalue weighted by Gasteiger charge is -2.25. The minimum absolute atomic E-state index is 0.0177. The average molecular weight is 285 g/mol. The molecule has 0 radical (unpaired) electrons. The van der Waals surface area contributed by atoms with Crippen molar-refractivity contribution in [3.63, 3.8) is 0 Å². The minimum Gasteiger partial charge on any atom is -0.379 e. The van der Waals surface area contributed by atoms with Crippen LogP contribution in [0.15, 0.2) is 0 Å². The molecule has 0 spiro atoms. The molecule has 0 aromatic heterocycles. The number of amides is 2. The number of likely N-dealkylation sites (N-methyl/N-ethyl adjacent to an activating group) is 2. The van der Waals surface area contributed by atoms with Crippen molar-refractivity contribution in [2.24, 2.45) is 11.8 Å². The highest BCUT2D eigenvalue weighted by molar-refractivity contribution is 5.88. The third-order valence-corrected chi connectivity index (χ3v) is 3.55. The third kappa shape index (κ3) is 4.45. The molecule has 20 heavy (non-hydrogen) atoms. The lowest BCUT2D eigenvalue weighted by atomic mass is 9.99. The van der Waals surface area contributed by atoms with Crippen LogP contribution in [0.2, 0.25) is 0 Å². The maximum absolute atomic E-state index is 12.3. The monoisotopic (exact) mass is 285 g/mol. The molecule has 0 aromatic carbocycles. The quantitative estimate of drug-likeness (QED) is 0.711. The Morgan fingerprint density at radius 2 is 1.95 bits per heavy atom. The molecule has 1 rings (SSSR count). The zero-order valence-electron chi connectivity index (χ0n) is 13.1. The van der Waals surface area contributed by atoms with Gasteiger partial charge in [0.05, 0.1) is 19.1 Å². The van der Waals surface area contributed by atoms with Crippen molar-refractivity contribution in [3.05, 3.63) is 0 Å². The Morgan fingerprint density at radius 1 is 1.30 bits per heavy atom. The van der Waals surface area contributed by atoms with Gasteiger partial charge in [-0.15, -0.1) is 0 Å². The summed E-state index contributed by atoms with van der Waals surface area (Å²) in [6.07, 6.45) is 0.639. The third-order valence-electron chi connectivity index (χ3n) is 3.55. The summed E-state index contributed by atoms with van der Waals surface area (Å²) in [7, 11) is 5.23. The normalized spacial score (nSPS) is 23.7. The van der Waals surface area contributed by atoms with Crippen LogP contribution in [0.4, 0.5) is 0 Å². The van der Waals surface area contributed by atoms with E-state index in [4.69, 9.17) is 4.74 Å². The van der Waals surface area contributed by atoms with Crippen molar-refractivity contribution < 1.29 is 14.3 Å². The maximum Gasteiger partial charge on any atom is 0.244 e. The van der Waals surface area contributed by atoms with Crippen molar-refractivity contribution in [1.29, 1.82) is 0 Å². The van der Waals surface area contributed by atoms with Gasteiger partial charge in [-0.1, -0.05) is 13.8 Å². The summed E-state index contributed by atoms with van der Waals surface area (Å²) in [5.41, 5.74) is 0. The zero-order valence-corrected chi connectivity index (χ0v) is 13.1. The first kappa shape index (κ1) is 16.9. The summed E-state index contributed by atoms with van der Waals surface area (Å²) in [6, 6.07) is -0.445. The van der Waals surface area contributed by atoms with Gasteiger partial charge >= 0.3 is 0 Å². The van der Waals surface area contributed by atoms with Gasteiger partial charge in [-0.2, -0.15) is 0 Å². The van der Waals surface area contributed by atoms with Gasteiger partial charge in [0.15, 0.2) is 0 Å². The molecular weight excluding hydrogens is 258 g/mol. The van der Waals surface area contributed by atoms with Crippen molar-refractivity contribution in [2.75, 3.05) is 34.4 Å². The molecule has 0 aliphatic carbocycles. The van der Waals surface area contributed by atoms with Crippen LogP contribution in [0, 0.1) is 11.8 Å². The highest BCUT2D eigenvalue weighted by atomic mass is 16.5. The largest absolute Gasteiger partial charge is 0.379 e. The van der Waals surface area contributed by atoms with E-state index < -0.39 is 6.04 Å². The van der Waals surface area contributed by atoms with Gasteiger partial charge in [0.25, 0.3) is 0 Å². The molecule has 116 valence electrons. The first-order valence-electron chi connectivity index (χ1n) is 7.13. The van der Waals surface area contributed by atoms with E-state index in [9.17, 15) is 9.59 Å². The molecule has 1 fully saturated rings. The highest BCUT2D eigenvalue weighted by Crippen LogP contribution is 2.15. The van der Waals surface area contributed by atoms with E-state index in [0.29, 0.717) is 25.6 Å². The number of ether oxygens (including phenoxy) is 1. The molecule has 2 N–H and O–H groups in total. The average Bonchev–Trinajstić information content (AvgIpc) is 2.84. The van der Waals surface area contributed by atoms with Gasteiger partial charge in [0.1, 0.15) is 6.04 Å². The second-order valence-corrected chi connectivity index (χ2v) is 5.96. The fourth-order valence-electron chi connectivity index (χ4n) is 2.38. The van der Waals surface area contributed by atoms with Crippen LogP contribution in [0.25, 0.3) is 0 Å². The topological polar surface area (TPSA) is 70.7 Å². The Hall–Kier alpha value is -1.14. The van der Waals surface area contributed by atoms with E-state index in [1.807, 2.05) is 20.9 Å². The molecule has 0 bridgehead atoms. The fourth-order valence-corrected chi connectivity index (χ4v) is 2.38. The number of nitrogens with one attached hydrogen (secondary N) is 2. The van der Waals surface area contributed by atoms with Crippen LogP contribution in [0.3, 0.4) is 0 Å². The summed E-state index contributed by atoms with van der Waals surface area (Å²) in [6.45, 7) is 5.02. The number of rotatable bonds is 6. The smallest absolute Gasteiger partial charge is 0.244 e. The van der Waals surface area contributed by atoms with Crippen molar-refractivity contribution >= 4 is 11.8 Å². The molecule has 6 nitrogen and oxygen atoms in total. The molecule has 1 aliphatic heterocycles.